The quantitative estimate of drug-likeness (QED) is 0.864. The van der Waals surface area contributed by atoms with E-state index in [1.807, 2.05) is 0 Å². The van der Waals surface area contributed by atoms with Gasteiger partial charge >= 0.3 is 6.03 Å². The maximum absolute atomic E-state index is 11.9. The van der Waals surface area contributed by atoms with Gasteiger partial charge in [-0.05, 0) is 25.7 Å². The highest BCUT2D eigenvalue weighted by Gasteiger charge is 2.44. The number of hydrogen-bond acceptors (Lipinski definition) is 6. The molecule has 1 aromatic rings. The number of anilines is 1. The molecule has 3 aliphatic rings. The van der Waals surface area contributed by atoms with Gasteiger partial charge in [-0.15, -0.1) is 11.3 Å². The average molecular weight is 349 g/mol. The second kappa shape index (κ2) is 5.70. The van der Waals surface area contributed by atoms with Crippen LogP contribution in [0.25, 0.3) is 0 Å². The smallest absolute Gasteiger partial charge is 0.325 e. The van der Waals surface area contributed by atoms with Crippen molar-refractivity contribution in [2.45, 2.75) is 26.4 Å². The molecule has 7 nitrogen and oxygen atoms in total. The number of fused-ring (bicyclic) bond motifs is 1. The van der Waals surface area contributed by atoms with Crippen LogP contribution < -0.4 is 10.2 Å². The van der Waals surface area contributed by atoms with Crippen molar-refractivity contribution in [3.63, 3.8) is 0 Å². The van der Waals surface area contributed by atoms with E-state index < -0.39 is 0 Å². The number of aromatic nitrogens is 1. The van der Waals surface area contributed by atoms with Crippen LogP contribution in [0.5, 0.6) is 0 Å². The number of rotatable bonds is 2. The molecule has 3 aliphatic heterocycles. The summed E-state index contributed by atoms with van der Waals surface area (Å²) in [7, 11) is 1.53. The van der Waals surface area contributed by atoms with Gasteiger partial charge in [-0.2, -0.15) is 0 Å². The molecule has 0 saturated carbocycles. The number of thiazole rings is 1. The largest absolute Gasteiger partial charge is 0.347 e. The van der Waals surface area contributed by atoms with Gasteiger partial charge in [-0.3, -0.25) is 14.6 Å². The molecule has 0 aliphatic carbocycles. The molecule has 0 spiro atoms. The molecule has 1 aromatic heterocycles. The molecule has 3 amide bonds. The molecule has 0 radical (unpaired) electrons. The molecule has 1 N–H and O–H groups in total. The highest BCUT2D eigenvalue weighted by atomic mass is 32.1. The van der Waals surface area contributed by atoms with Gasteiger partial charge < -0.3 is 10.2 Å². The van der Waals surface area contributed by atoms with E-state index in [-0.39, 0.29) is 18.1 Å². The third-order valence-corrected chi connectivity index (χ3v) is 6.71. The summed E-state index contributed by atoms with van der Waals surface area (Å²) in [5.41, 5.74) is 1.13. The summed E-state index contributed by atoms with van der Waals surface area (Å²) in [5.74, 6) is 1.07. The second-order valence-corrected chi connectivity index (χ2v) is 8.32. The van der Waals surface area contributed by atoms with Crippen LogP contribution in [-0.4, -0.2) is 66.1 Å². The average Bonchev–Trinajstić information content (AvgIpc) is 3.18. The van der Waals surface area contributed by atoms with Crippen LogP contribution in [-0.2, 0) is 4.79 Å². The molecular weight excluding hydrogens is 326 g/mol. The minimum absolute atomic E-state index is 0.101. The number of aryl methyl sites for hydroxylation is 2. The van der Waals surface area contributed by atoms with Gasteiger partial charge in [0, 0.05) is 38.1 Å². The number of imide groups is 1. The van der Waals surface area contributed by atoms with Crippen molar-refractivity contribution in [2.75, 3.05) is 38.1 Å². The van der Waals surface area contributed by atoms with Crippen molar-refractivity contribution in [1.82, 2.24) is 20.1 Å². The predicted octanol–water partition coefficient (Wildman–Crippen LogP) is 1.03. The Morgan fingerprint density at radius 2 is 1.79 bits per heavy atom. The number of nitrogens with zero attached hydrogens (tertiary/aromatic N) is 4. The Morgan fingerprint density at radius 3 is 2.33 bits per heavy atom. The van der Waals surface area contributed by atoms with Crippen LogP contribution in [0.3, 0.4) is 0 Å². The normalized spacial score (nSPS) is 30.9. The summed E-state index contributed by atoms with van der Waals surface area (Å²) >= 11 is 1.77. The van der Waals surface area contributed by atoms with E-state index in [2.05, 4.69) is 33.9 Å². The van der Waals surface area contributed by atoms with Gasteiger partial charge in [0.2, 0.25) is 5.91 Å². The minimum Gasteiger partial charge on any atom is -0.347 e. The number of urea groups is 1. The summed E-state index contributed by atoms with van der Waals surface area (Å²) in [6.45, 7) is 8.09. The Labute approximate surface area is 145 Å². The van der Waals surface area contributed by atoms with E-state index in [0.29, 0.717) is 18.3 Å². The zero-order valence-electron chi connectivity index (χ0n) is 14.3. The van der Waals surface area contributed by atoms with E-state index in [9.17, 15) is 9.59 Å². The summed E-state index contributed by atoms with van der Waals surface area (Å²) in [6.07, 6.45) is 0.223. The number of amides is 3. The monoisotopic (exact) mass is 349 g/mol. The molecule has 8 heteroatoms. The van der Waals surface area contributed by atoms with Crippen molar-refractivity contribution >= 4 is 28.4 Å². The van der Waals surface area contributed by atoms with Crippen LogP contribution in [0.15, 0.2) is 0 Å². The fourth-order valence-corrected chi connectivity index (χ4v) is 4.89. The first-order valence-corrected chi connectivity index (χ1v) is 9.24. The Morgan fingerprint density at radius 1 is 1.12 bits per heavy atom. The molecule has 130 valence electrons. The molecule has 4 rings (SSSR count). The van der Waals surface area contributed by atoms with Crippen LogP contribution in [0.4, 0.5) is 9.93 Å². The molecule has 3 atom stereocenters. The van der Waals surface area contributed by atoms with Crippen molar-refractivity contribution in [1.29, 1.82) is 0 Å². The number of hydrogen-bond donors (Lipinski definition) is 1. The first-order chi connectivity index (χ1) is 11.4. The lowest BCUT2D eigenvalue weighted by Crippen LogP contribution is -2.59. The second-order valence-electron chi connectivity index (χ2n) is 7.14. The van der Waals surface area contributed by atoms with Crippen molar-refractivity contribution < 1.29 is 9.59 Å². The topological polar surface area (TPSA) is 68.8 Å². The summed E-state index contributed by atoms with van der Waals surface area (Å²) in [6, 6.07) is -0.288. The van der Waals surface area contributed by atoms with Crippen LogP contribution in [0.1, 0.15) is 17.0 Å². The fourth-order valence-electron chi connectivity index (χ4n) is 3.96. The fraction of sp³-hybridized carbons (Fsp3) is 0.688. The third kappa shape index (κ3) is 2.57. The van der Waals surface area contributed by atoms with Gasteiger partial charge in [-0.1, -0.05) is 0 Å². The Bertz CT molecular complexity index is 639. The number of carbonyl (C=O) groups is 2. The zero-order chi connectivity index (χ0) is 17.0. The van der Waals surface area contributed by atoms with Crippen molar-refractivity contribution in [2.24, 2.45) is 11.8 Å². The van der Waals surface area contributed by atoms with Gasteiger partial charge in [0.1, 0.15) is 0 Å². The van der Waals surface area contributed by atoms with E-state index in [1.165, 1.54) is 16.8 Å². The standard InChI is InChI=1S/C16H23N5O2S/c1-9-10(2)24-16(17-9)21-7-11-5-20(6-12(11)8-21)13-4-14(22)19(3)15(23)18-13/h11-13H,4-8H2,1-3H3,(H,18,23). The zero-order valence-corrected chi connectivity index (χ0v) is 15.1. The summed E-state index contributed by atoms with van der Waals surface area (Å²) < 4.78 is 0. The maximum atomic E-state index is 11.9. The number of carbonyl (C=O) groups excluding carboxylic acids is 2. The number of nitrogens with one attached hydrogen (secondary N) is 1. The lowest BCUT2D eigenvalue weighted by molar-refractivity contribution is -0.130. The number of likely N-dealkylation sites (tertiary alicyclic amines) is 1. The molecule has 0 aromatic carbocycles. The van der Waals surface area contributed by atoms with Gasteiger partial charge in [0.05, 0.1) is 18.3 Å². The highest BCUT2D eigenvalue weighted by molar-refractivity contribution is 7.15. The minimum atomic E-state index is -0.288. The summed E-state index contributed by atoms with van der Waals surface area (Å²) in [5, 5.41) is 4.08. The first-order valence-electron chi connectivity index (χ1n) is 8.42. The van der Waals surface area contributed by atoms with Gasteiger partial charge in [0.15, 0.2) is 5.13 Å². The SMILES string of the molecule is Cc1nc(N2CC3CN(C4CC(=O)N(C)C(=O)N4)CC3C2)sc1C. The van der Waals surface area contributed by atoms with Crippen molar-refractivity contribution in [3.8, 4) is 0 Å². The van der Waals surface area contributed by atoms with Crippen LogP contribution >= 0.6 is 11.3 Å². The van der Waals surface area contributed by atoms with Crippen LogP contribution in [0, 0.1) is 25.7 Å². The summed E-state index contributed by atoms with van der Waals surface area (Å²) in [4.78, 5) is 35.6. The molecule has 3 unspecified atom stereocenters. The third-order valence-electron chi connectivity index (χ3n) is 5.58. The van der Waals surface area contributed by atoms with Crippen LogP contribution in [0.2, 0.25) is 0 Å². The molecule has 4 heterocycles. The molecular formula is C16H23N5O2S. The van der Waals surface area contributed by atoms with Gasteiger partial charge in [-0.25, -0.2) is 9.78 Å². The molecule has 24 heavy (non-hydrogen) atoms. The van der Waals surface area contributed by atoms with Crippen molar-refractivity contribution in [3.05, 3.63) is 10.6 Å². The van der Waals surface area contributed by atoms with E-state index >= 15 is 0 Å². The first kappa shape index (κ1) is 15.8. The molecule has 0 bridgehead atoms. The van der Waals surface area contributed by atoms with E-state index in [0.717, 1.165) is 37.0 Å². The lowest BCUT2D eigenvalue weighted by atomic mass is 10.0. The Balaban J connectivity index is 1.39. The lowest BCUT2D eigenvalue weighted by Gasteiger charge is -2.35. The highest BCUT2D eigenvalue weighted by Crippen LogP contribution is 2.37. The van der Waals surface area contributed by atoms with E-state index in [4.69, 9.17) is 0 Å². The Hall–Kier alpha value is -1.67. The molecule has 3 fully saturated rings. The maximum Gasteiger partial charge on any atom is 0.325 e. The Kier molecular flexibility index (Phi) is 3.76. The van der Waals surface area contributed by atoms with E-state index in [1.54, 1.807) is 11.3 Å². The van der Waals surface area contributed by atoms with Gasteiger partial charge in [0.25, 0.3) is 0 Å². The molecule has 3 saturated heterocycles. The predicted molar refractivity (Wildman–Crippen MR) is 92.1 cm³/mol.